The number of halogens is 1. The van der Waals surface area contributed by atoms with Crippen LogP contribution in [-0.2, 0) is 16.1 Å². The van der Waals surface area contributed by atoms with Gasteiger partial charge < -0.3 is 9.84 Å². The molecule has 0 radical (unpaired) electrons. The number of carbonyl (C=O) groups excluding carboxylic acids is 2. The lowest BCUT2D eigenvalue weighted by Gasteiger charge is -2.13. The summed E-state index contributed by atoms with van der Waals surface area (Å²) in [6, 6.07) is 13.7. The van der Waals surface area contributed by atoms with E-state index in [1.807, 2.05) is 0 Å². The van der Waals surface area contributed by atoms with Gasteiger partial charge in [0.2, 0.25) is 0 Å². The van der Waals surface area contributed by atoms with Crippen molar-refractivity contribution in [2.24, 2.45) is 0 Å². The van der Waals surface area contributed by atoms with Crippen LogP contribution < -0.4 is 4.74 Å². The maximum atomic E-state index is 12.6. The molecule has 0 aliphatic carbocycles. The standard InChI is InChI=1S/C19H14ClNO5S/c20-15-7-2-1-5-13(15)10-21-18(24)16(27-19(21)25)9-12-4-3-6-14(8-12)26-11-17(22)23/h1-9H,10-11H2,(H,22,23)/b16-9-. The molecule has 2 aromatic carbocycles. The predicted molar refractivity (Wildman–Crippen MR) is 103 cm³/mol. The van der Waals surface area contributed by atoms with Crippen LogP contribution in [0.3, 0.4) is 0 Å². The second kappa shape index (κ2) is 8.28. The molecule has 2 aromatic rings. The van der Waals surface area contributed by atoms with E-state index in [1.54, 1.807) is 54.6 Å². The van der Waals surface area contributed by atoms with E-state index >= 15 is 0 Å². The van der Waals surface area contributed by atoms with Gasteiger partial charge in [-0.3, -0.25) is 14.5 Å². The van der Waals surface area contributed by atoms with Crippen molar-refractivity contribution in [3.8, 4) is 5.75 Å². The number of imide groups is 1. The number of aliphatic carboxylic acids is 1. The Balaban J connectivity index is 1.77. The fraction of sp³-hybridized carbons (Fsp3) is 0.105. The van der Waals surface area contributed by atoms with Gasteiger partial charge in [0.25, 0.3) is 11.1 Å². The number of thioether (sulfide) groups is 1. The normalized spacial score (nSPS) is 15.4. The molecule has 1 saturated heterocycles. The Kier molecular flexibility index (Phi) is 5.83. The Morgan fingerprint density at radius 1 is 1.19 bits per heavy atom. The minimum Gasteiger partial charge on any atom is -0.482 e. The molecule has 0 saturated carbocycles. The lowest BCUT2D eigenvalue weighted by Crippen LogP contribution is -2.27. The van der Waals surface area contributed by atoms with Crippen LogP contribution in [0.25, 0.3) is 6.08 Å². The summed E-state index contributed by atoms with van der Waals surface area (Å²) in [5.74, 6) is -1.12. The van der Waals surface area contributed by atoms with Gasteiger partial charge in [-0.1, -0.05) is 41.9 Å². The van der Waals surface area contributed by atoms with Crippen molar-refractivity contribution in [1.29, 1.82) is 0 Å². The first kappa shape index (κ1) is 19.0. The topological polar surface area (TPSA) is 83.9 Å². The number of rotatable bonds is 6. The summed E-state index contributed by atoms with van der Waals surface area (Å²) in [6.07, 6.45) is 1.57. The van der Waals surface area contributed by atoms with Crippen molar-refractivity contribution in [3.63, 3.8) is 0 Å². The molecule has 1 aliphatic heterocycles. The Labute approximate surface area is 164 Å². The first-order valence-electron chi connectivity index (χ1n) is 7.87. The van der Waals surface area contributed by atoms with Gasteiger partial charge in [0, 0.05) is 5.02 Å². The summed E-state index contributed by atoms with van der Waals surface area (Å²) >= 11 is 6.95. The number of carboxylic acids is 1. The zero-order valence-electron chi connectivity index (χ0n) is 13.9. The van der Waals surface area contributed by atoms with Gasteiger partial charge in [0.1, 0.15) is 5.75 Å². The number of carbonyl (C=O) groups is 3. The Morgan fingerprint density at radius 2 is 1.96 bits per heavy atom. The van der Waals surface area contributed by atoms with Crippen LogP contribution in [-0.4, -0.2) is 33.7 Å². The molecule has 6 nitrogen and oxygen atoms in total. The second-order valence-corrected chi connectivity index (χ2v) is 7.01. The summed E-state index contributed by atoms with van der Waals surface area (Å²) in [4.78, 5) is 36.8. The summed E-state index contributed by atoms with van der Waals surface area (Å²) in [6.45, 7) is -0.360. The van der Waals surface area contributed by atoms with Gasteiger partial charge in [-0.25, -0.2) is 4.79 Å². The highest BCUT2D eigenvalue weighted by Crippen LogP contribution is 2.34. The third-order valence-electron chi connectivity index (χ3n) is 3.68. The minimum atomic E-state index is -1.08. The van der Waals surface area contributed by atoms with E-state index in [1.165, 1.54) is 0 Å². The second-order valence-electron chi connectivity index (χ2n) is 5.61. The molecule has 8 heteroatoms. The Hall–Kier alpha value is -2.77. The van der Waals surface area contributed by atoms with Gasteiger partial charge in [-0.15, -0.1) is 0 Å². The van der Waals surface area contributed by atoms with Gasteiger partial charge in [0.15, 0.2) is 6.61 Å². The van der Waals surface area contributed by atoms with E-state index in [9.17, 15) is 14.4 Å². The van der Waals surface area contributed by atoms with E-state index in [-0.39, 0.29) is 16.7 Å². The van der Waals surface area contributed by atoms with E-state index in [0.29, 0.717) is 21.9 Å². The first-order valence-corrected chi connectivity index (χ1v) is 9.07. The molecule has 0 unspecified atom stereocenters. The van der Waals surface area contributed by atoms with Crippen molar-refractivity contribution < 1.29 is 24.2 Å². The molecule has 0 atom stereocenters. The number of hydrogen-bond acceptors (Lipinski definition) is 5. The fourth-order valence-corrected chi connectivity index (χ4v) is 3.46. The zero-order valence-corrected chi connectivity index (χ0v) is 15.5. The monoisotopic (exact) mass is 403 g/mol. The highest BCUT2D eigenvalue weighted by molar-refractivity contribution is 8.18. The van der Waals surface area contributed by atoms with Gasteiger partial charge in [0.05, 0.1) is 11.4 Å². The van der Waals surface area contributed by atoms with Crippen LogP contribution in [0.15, 0.2) is 53.4 Å². The molecule has 0 spiro atoms. The van der Waals surface area contributed by atoms with Crippen LogP contribution in [0.4, 0.5) is 4.79 Å². The molecule has 1 N–H and O–H groups in total. The first-order chi connectivity index (χ1) is 12.9. The largest absolute Gasteiger partial charge is 0.482 e. The smallest absolute Gasteiger partial charge is 0.341 e. The third-order valence-corrected chi connectivity index (χ3v) is 4.95. The van der Waals surface area contributed by atoms with Crippen molar-refractivity contribution >= 4 is 46.6 Å². The summed E-state index contributed by atoms with van der Waals surface area (Å²) in [5.41, 5.74) is 1.31. The predicted octanol–water partition coefficient (Wildman–Crippen LogP) is 4.04. The molecule has 27 heavy (non-hydrogen) atoms. The van der Waals surface area contributed by atoms with E-state index in [4.69, 9.17) is 21.4 Å². The van der Waals surface area contributed by atoms with Gasteiger partial charge in [-0.05, 0) is 47.2 Å². The van der Waals surface area contributed by atoms with Crippen LogP contribution >= 0.6 is 23.4 Å². The maximum absolute atomic E-state index is 12.6. The van der Waals surface area contributed by atoms with Crippen molar-refractivity contribution in [2.45, 2.75) is 6.54 Å². The molecule has 1 heterocycles. The molecule has 138 valence electrons. The van der Waals surface area contributed by atoms with Crippen LogP contribution in [0.1, 0.15) is 11.1 Å². The quantitative estimate of drug-likeness (QED) is 0.733. The molecule has 0 aromatic heterocycles. The molecular formula is C19H14ClNO5S. The Bertz CT molecular complexity index is 943. The summed E-state index contributed by atoms with van der Waals surface area (Å²) in [5, 5.41) is 8.79. The molecule has 3 rings (SSSR count). The number of hydrogen-bond donors (Lipinski definition) is 1. The highest BCUT2D eigenvalue weighted by atomic mass is 35.5. The number of benzene rings is 2. The number of amides is 2. The number of nitrogens with zero attached hydrogens (tertiary/aromatic N) is 1. The molecule has 0 bridgehead atoms. The average molecular weight is 404 g/mol. The molecule has 1 fully saturated rings. The van der Waals surface area contributed by atoms with Crippen LogP contribution in [0.2, 0.25) is 5.02 Å². The Morgan fingerprint density at radius 3 is 2.70 bits per heavy atom. The summed E-state index contributed by atoms with van der Waals surface area (Å²) in [7, 11) is 0. The van der Waals surface area contributed by atoms with Crippen LogP contribution in [0.5, 0.6) is 5.75 Å². The van der Waals surface area contributed by atoms with Gasteiger partial charge >= 0.3 is 5.97 Å². The van der Waals surface area contributed by atoms with E-state index in [2.05, 4.69) is 0 Å². The van der Waals surface area contributed by atoms with Crippen molar-refractivity contribution in [2.75, 3.05) is 6.61 Å². The molecule has 2 amide bonds. The van der Waals surface area contributed by atoms with Gasteiger partial charge in [-0.2, -0.15) is 0 Å². The minimum absolute atomic E-state index is 0.101. The van der Waals surface area contributed by atoms with Crippen LogP contribution in [0, 0.1) is 0 Å². The highest BCUT2D eigenvalue weighted by Gasteiger charge is 2.35. The van der Waals surface area contributed by atoms with Crippen molar-refractivity contribution in [1.82, 2.24) is 4.90 Å². The average Bonchev–Trinajstić information content (AvgIpc) is 2.89. The number of ether oxygens (including phenoxy) is 1. The third kappa shape index (κ3) is 4.69. The van der Waals surface area contributed by atoms with E-state index < -0.39 is 18.5 Å². The van der Waals surface area contributed by atoms with E-state index in [0.717, 1.165) is 16.7 Å². The number of carboxylic acid groups (broad SMARTS) is 1. The fourth-order valence-electron chi connectivity index (χ4n) is 2.42. The zero-order chi connectivity index (χ0) is 19.4. The molecule has 1 aliphatic rings. The lowest BCUT2D eigenvalue weighted by molar-refractivity contribution is -0.139. The molecular weight excluding hydrogens is 390 g/mol. The maximum Gasteiger partial charge on any atom is 0.341 e. The summed E-state index contributed by atoms with van der Waals surface area (Å²) < 4.78 is 5.12. The lowest BCUT2D eigenvalue weighted by atomic mass is 10.2. The SMILES string of the molecule is O=C(O)COc1cccc(/C=C2\SC(=O)N(Cc3ccccc3Cl)C2=O)c1. The van der Waals surface area contributed by atoms with Crippen molar-refractivity contribution in [3.05, 3.63) is 69.6 Å².